The van der Waals surface area contributed by atoms with Gasteiger partial charge in [-0.15, -0.1) is 0 Å². The van der Waals surface area contributed by atoms with Crippen LogP contribution in [0.5, 0.6) is 11.5 Å². The summed E-state index contributed by atoms with van der Waals surface area (Å²) in [5, 5.41) is 11.0. The van der Waals surface area contributed by atoms with Crippen LogP contribution in [0.4, 0.5) is 5.69 Å². The van der Waals surface area contributed by atoms with Crippen molar-refractivity contribution in [1.82, 2.24) is 0 Å². The molecule has 0 radical (unpaired) electrons. The highest BCUT2D eigenvalue weighted by molar-refractivity contribution is 5.77. The van der Waals surface area contributed by atoms with E-state index in [4.69, 9.17) is 4.74 Å². The molecule has 19 heavy (non-hydrogen) atoms. The molecule has 0 aliphatic heterocycles. The number of rotatable bonds is 4. The first-order valence-corrected chi connectivity index (χ1v) is 5.59. The van der Waals surface area contributed by atoms with E-state index in [0.29, 0.717) is 12.0 Å². The molecule has 0 aromatic heterocycles. The first-order chi connectivity index (χ1) is 9.11. The van der Waals surface area contributed by atoms with Crippen molar-refractivity contribution < 1.29 is 14.5 Å². The number of para-hydroxylation sites is 1. The van der Waals surface area contributed by atoms with Crippen LogP contribution in [-0.2, 0) is 0 Å². The molecule has 0 aliphatic carbocycles. The van der Waals surface area contributed by atoms with Crippen LogP contribution in [0.2, 0.25) is 0 Å². The largest absolute Gasteiger partial charge is 0.450 e. The van der Waals surface area contributed by atoms with E-state index in [0.717, 1.165) is 5.56 Å². The second kappa shape index (κ2) is 5.30. The minimum absolute atomic E-state index is 0.116. The zero-order valence-electron chi connectivity index (χ0n) is 10.2. The molecule has 0 aliphatic rings. The van der Waals surface area contributed by atoms with Gasteiger partial charge in [0.1, 0.15) is 12.0 Å². The minimum Gasteiger partial charge on any atom is -0.450 e. The molecule has 0 N–H and O–H groups in total. The Balaban J connectivity index is 2.43. The molecule has 0 atom stereocenters. The smallest absolute Gasteiger partial charge is 0.312 e. The number of carbonyl (C=O) groups excluding carboxylic acids is 1. The number of aryl methyl sites for hydroxylation is 1. The summed E-state index contributed by atoms with van der Waals surface area (Å²) in [6.45, 7) is 1.85. The number of hydrogen-bond acceptors (Lipinski definition) is 4. The molecule has 96 valence electrons. The van der Waals surface area contributed by atoms with Crippen LogP contribution >= 0.6 is 0 Å². The van der Waals surface area contributed by atoms with Crippen molar-refractivity contribution in [2.75, 3.05) is 0 Å². The molecule has 0 spiro atoms. The van der Waals surface area contributed by atoms with E-state index in [1.807, 2.05) is 19.1 Å². The second-order valence-corrected chi connectivity index (χ2v) is 3.97. The van der Waals surface area contributed by atoms with Gasteiger partial charge in [-0.3, -0.25) is 14.9 Å². The van der Waals surface area contributed by atoms with Gasteiger partial charge in [0, 0.05) is 11.6 Å². The van der Waals surface area contributed by atoms with Crippen molar-refractivity contribution >= 4 is 12.0 Å². The summed E-state index contributed by atoms with van der Waals surface area (Å²) in [5.74, 6) is 0.661. The monoisotopic (exact) mass is 257 g/mol. The van der Waals surface area contributed by atoms with Gasteiger partial charge in [0.05, 0.1) is 4.92 Å². The predicted octanol–water partition coefficient (Wildman–Crippen LogP) is 3.51. The zero-order valence-corrected chi connectivity index (χ0v) is 10.2. The molecule has 0 saturated carbocycles. The Kier molecular flexibility index (Phi) is 3.56. The van der Waals surface area contributed by atoms with Gasteiger partial charge in [-0.2, -0.15) is 0 Å². The third-order valence-corrected chi connectivity index (χ3v) is 2.63. The molecule has 0 saturated heterocycles. The fourth-order valence-electron chi connectivity index (χ4n) is 1.63. The third kappa shape index (κ3) is 2.77. The second-order valence-electron chi connectivity index (χ2n) is 3.97. The van der Waals surface area contributed by atoms with Crippen molar-refractivity contribution in [3.05, 3.63) is 63.7 Å². The lowest BCUT2D eigenvalue weighted by molar-refractivity contribution is -0.385. The first kappa shape index (κ1) is 12.8. The lowest BCUT2D eigenvalue weighted by Crippen LogP contribution is -1.95. The normalized spacial score (nSPS) is 9.95. The fourth-order valence-corrected chi connectivity index (χ4v) is 1.63. The van der Waals surface area contributed by atoms with E-state index < -0.39 is 4.92 Å². The average Bonchev–Trinajstić information content (AvgIpc) is 2.41. The molecule has 0 amide bonds. The minimum atomic E-state index is -0.569. The van der Waals surface area contributed by atoms with Gasteiger partial charge in [0.15, 0.2) is 0 Å². The van der Waals surface area contributed by atoms with Gasteiger partial charge < -0.3 is 4.74 Å². The molecule has 2 aromatic carbocycles. The number of ether oxygens (including phenoxy) is 1. The van der Waals surface area contributed by atoms with Crippen molar-refractivity contribution in [1.29, 1.82) is 0 Å². The van der Waals surface area contributed by atoms with Crippen LogP contribution in [0.1, 0.15) is 15.9 Å². The Morgan fingerprint density at radius 2 is 1.89 bits per heavy atom. The molecule has 0 heterocycles. The Morgan fingerprint density at radius 1 is 1.16 bits per heavy atom. The number of nitro benzene ring substituents is 1. The first-order valence-electron chi connectivity index (χ1n) is 5.59. The van der Waals surface area contributed by atoms with Crippen molar-refractivity contribution in [3.63, 3.8) is 0 Å². The van der Waals surface area contributed by atoms with Crippen LogP contribution in [0, 0.1) is 17.0 Å². The van der Waals surface area contributed by atoms with Crippen molar-refractivity contribution in [3.8, 4) is 11.5 Å². The van der Waals surface area contributed by atoms with E-state index in [1.54, 1.807) is 12.1 Å². The Labute approximate surface area is 109 Å². The number of hydrogen-bond donors (Lipinski definition) is 0. The zero-order chi connectivity index (χ0) is 13.8. The van der Waals surface area contributed by atoms with Gasteiger partial charge in [0.25, 0.3) is 0 Å². The van der Waals surface area contributed by atoms with E-state index in [1.165, 1.54) is 18.2 Å². The van der Waals surface area contributed by atoms with Crippen LogP contribution in [0.25, 0.3) is 0 Å². The van der Waals surface area contributed by atoms with E-state index in [-0.39, 0.29) is 17.0 Å². The molecule has 5 nitrogen and oxygen atoms in total. The fraction of sp³-hybridized carbons (Fsp3) is 0.0714. The number of nitrogens with zero attached hydrogens (tertiary/aromatic N) is 1. The number of nitro groups is 1. The summed E-state index contributed by atoms with van der Waals surface area (Å²) in [5.41, 5.74) is 0.882. The summed E-state index contributed by atoms with van der Waals surface area (Å²) in [7, 11) is 0. The van der Waals surface area contributed by atoms with Crippen LogP contribution < -0.4 is 4.74 Å². The van der Waals surface area contributed by atoms with Gasteiger partial charge in [-0.1, -0.05) is 18.2 Å². The lowest BCUT2D eigenvalue weighted by Gasteiger charge is -2.08. The summed E-state index contributed by atoms with van der Waals surface area (Å²) in [4.78, 5) is 21.0. The van der Waals surface area contributed by atoms with Crippen LogP contribution in [0.3, 0.4) is 0 Å². The number of benzene rings is 2. The van der Waals surface area contributed by atoms with E-state index >= 15 is 0 Å². The Hall–Kier alpha value is -2.69. The van der Waals surface area contributed by atoms with Crippen LogP contribution in [-0.4, -0.2) is 11.2 Å². The lowest BCUT2D eigenvalue weighted by atomic mass is 10.2. The highest BCUT2D eigenvalue weighted by atomic mass is 16.6. The van der Waals surface area contributed by atoms with Gasteiger partial charge in [0.2, 0.25) is 5.75 Å². The average molecular weight is 257 g/mol. The Bertz CT molecular complexity index is 637. The standard InChI is InChI=1S/C14H11NO4/c1-10-4-2-3-5-13(10)19-14-7-6-11(9-16)8-12(14)15(17)18/h2-9H,1H3. The number of carbonyl (C=O) groups is 1. The maximum absolute atomic E-state index is 11.0. The number of aldehydes is 1. The highest BCUT2D eigenvalue weighted by Gasteiger charge is 2.17. The molecular formula is C14H11NO4. The van der Waals surface area contributed by atoms with Crippen molar-refractivity contribution in [2.45, 2.75) is 6.92 Å². The quantitative estimate of drug-likeness (QED) is 0.477. The van der Waals surface area contributed by atoms with Gasteiger partial charge >= 0.3 is 5.69 Å². The molecule has 0 bridgehead atoms. The highest BCUT2D eigenvalue weighted by Crippen LogP contribution is 2.33. The predicted molar refractivity (Wildman–Crippen MR) is 69.7 cm³/mol. The molecule has 0 unspecified atom stereocenters. The summed E-state index contributed by atoms with van der Waals surface area (Å²) >= 11 is 0. The summed E-state index contributed by atoms with van der Waals surface area (Å²) in [6, 6.07) is 11.3. The summed E-state index contributed by atoms with van der Waals surface area (Å²) in [6.07, 6.45) is 0.560. The van der Waals surface area contributed by atoms with Gasteiger partial charge in [-0.05, 0) is 30.7 Å². The molecule has 2 aromatic rings. The topological polar surface area (TPSA) is 69.4 Å². The maximum atomic E-state index is 11.0. The maximum Gasteiger partial charge on any atom is 0.312 e. The molecule has 2 rings (SSSR count). The Morgan fingerprint density at radius 3 is 2.53 bits per heavy atom. The van der Waals surface area contributed by atoms with E-state index in [9.17, 15) is 14.9 Å². The SMILES string of the molecule is Cc1ccccc1Oc1ccc(C=O)cc1[N+](=O)[O-]. The third-order valence-electron chi connectivity index (χ3n) is 2.63. The van der Waals surface area contributed by atoms with Crippen LogP contribution in [0.15, 0.2) is 42.5 Å². The van der Waals surface area contributed by atoms with E-state index in [2.05, 4.69) is 0 Å². The molecule has 0 fully saturated rings. The van der Waals surface area contributed by atoms with Crippen molar-refractivity contribution in [2.24, 2.45) is 0 Å². The molecule has 5 heteroatoms. The van der Waals surface area contributed by atoms with Gasteiger partial charge in [-0.25, -0.2) is 0 Å². The molecular weight excluding hydrogens is 246 g/mol. The summed E-state index contributed by atoms with van der Waals surface area (Å²) < 4.78 is 5.54.